The molecular formula is C21H18F3N3O3. The predicted octanol–water partition coefficient (Wildman–Crippen LogP) is 4.56. The Bertz CT molecular complexity index is 1040. The summed E-state index contributed by atoms with van der Waals surface area (Å²) in [6.45, 7) is 0. The van der Waals surface area contributed by atoms with E-state index < -0.39 is 17.6 Å². The number of ether oxygens (including phenoxy) is 2. The van der Waals surface area contributed by atoms with Gasteiger partial charge in [-0.1, -0.05) is 0 Å². The van der Waals surface area contributed by atoms with Gasteiger partial charge in [0.05, 0.1) is 31.2 Å². The van der Waals surface area contributed by atoms with Crippen LogP contribution in [0.3, 0.4) is 0 Å². The molecule has 0 aliphatic carbocycles. The molecule has 6 nitrogen and oxygen atoms in total. The third-order valence-electron chi connectivity index (χ3n) is 4.14. The molecule has 0 aliphatic heterocycles. The number of aromatic nitrogens is 2. The quantitative estimate of drug-likeness (QED) is 0.597. The Kier molecular flexibility index (Phi) is 6.10. The lowest BCUT2D eigenvalue weighted by atomic mass is 10.1. The number of hydrogen-bond donors (Lipinski definition) is 1. The van der Waals surface area contributed by atoms with Crippen molar-refractivity contribution >= 4 is 17.7 Å². The summed E-state index contributed by atoms with van der Waals surface area (Å²) in [7, 11) is 2.97. The summed E-state index contributed by atoms with van der Waals surface area (Å²) in [5, 5.41) is 6.20. The molecule has 0 fully saturated rings. The Morgan fingerprint density at radius 3 is 2.37 bits per heavy atom. The van der Waals surface area contributed by atoms with E-state index in [-0.39, 0.29) is 11.4 Å². The molecule has 0 radical (unpaired) electrons. The van der Waals surface area contributed by atoms with Gasteiger partial charge in [0.1, 0.15) is 11.5 Å². The molecule has 0 saturated carbocycles. The van der Waals surface area contributed by atoms with Crippen LogP contribution < -0.4 is 14.8 Å². The van der Waals surface area contributed by atoms with Crippen molar-refractivity contribution in [3.8, 4) is 17.2 Å². The van der Waals surface area contributed by atoms with Crippen molar-refractivity contribution in [1.82, 2.24) is 9.78 Å². The summed E-state index contributed by atoms with van der Waals surface area (Å²) in [5.74, 6) is 0.320. The molecule has 0 bridgehead atoms. The van der Waals surface area contributed by atoms with Gasteiger partial charge >= 0.3 is 6.18 Å². The van der Waals surface area contributed by atoms with E-state index in [0.29, 0.717) is 17.1 Å². The zero-order valence-electron chi connectivity index (χ0n) is 16.1. The highest BCUT2D eigenvalue weighted by atomic mass is 19.4. The first-order valence-corrected chi connectivity index (χ1v) is 8.73. The molecule has 0 atom stereocenters. The van der Waals surface area contributed by atoms with Crippen molar-refractivity contribution in [3.63, 3.8) is 0 Å². The number of nitrogens with one attached hydrogen (secondary N) is 1. The predicted molar refractivity (Wildman–Crippen MR) is 106 cm³/mol. The maximum absolute atomic E-state index is 13.5. The van der Waals surface area contributed by atoms with Gasteiger partial charge in [0.25, 0.3) is 0 Å². The first-order chi connectivity index (χ1) is 14.3. The van der Waals surface area contributed by atoms with Crippen LogP contribution in [0.2, 0.25) is 0 Å². The fraction of sp³-hybridized carbons (Fsp3) is 0.143. The maximum Gasteiger partial charge on any atom is 0.418 e. The van der Waals surface area contributed by atoms with E-state index in [1.54, 1.807) is 24.3 Å². The van der Waals surface area contributed by atoms with E-state index in [9.17, 15) is 18.0 Å². The molecule has 0 spiro atoms. The van der Waals surface area contributed by atoms with Crippen molar-refractivity contribution < 1.29 is 27.4 Å². The largest absolute Gasteiger partial charge is 0.497 e. The summed E-state index contributed by atoms with van der Waals surface area (Å²) in [4.78, 5) is 12.2. The van der Waals surface area contributed by atoms with Crippen molar-refractivity contribution in [2.75, 3.05) is 19.5 Å². The van der Waals surface area contributed by atoms with Gasteiger partial charge in [0, 0.05) is 24.5 Å². The van der Waals surface area contributed by atoms with Gasteiger partial charge in [-0.25, -0.2) is 4.68 Å². The summed E-state index contributed by atoms with van der Waals surface area (Å²) < 4.78 is 52.1. The minimum Gasteiger partial charge on any atom is -0.497 e. The van der Waals surface area contributed by atoms with Crippen molar-refractivity contribution in [2.45, 2.75) is 6.18 Å². The number of alkyl halides is 3. The number of methoxy groups -OCH3 is 2. The van der Waals surface area contributed by atoms with Crippen molar-refractivity contribution in [3.05, 3.63) is 72.1 Å². The van der Waals surface area contributed by atoms with Gasteiger partial charge in [0.15, 0.2) is 0 Å². The molecule has 9 heteroatoms. The van der Waals surface area contributed by atoms with E-state index in [1.807, 2.05) is 0 Å². The number of anilines is 1. The molecular weight excluding hydrogens is 399 g/mol. The third-order valence-corrected chi connectivity index (χ3v) is 4.14. The molecule has 1 aromatic heterocycles. The molecule has 0 aliphatic rings. The fourth-order valence-corrected chi connectivity index (χ4v) is 2.71. The van der Waals surface area contributed by atoms with Gasteiger partial charge in [-0.2, -0.15) is 18.3 Å². The highest BCUT2D eigenvalue weighted by molar-refractivity contribution is 6.02. The molecule has 1 N–H and O–H groups in total. The SMILES string of the molecule is COc1cc(/C=C/C(=O)Nc2ccc(-n3cccn3)cc2C(F)(F)F)cc(OC)c1. The Morgan fingerprint density at radius 2 is 1.80 bits per heavy atom. The highest BCUT2D eigenvalue weighted by Crippen LogP contribution is 2.36. The van der Waals surface area contributed by atoms with Crippen LogP contribution in [0.5, 0.6) is 11.5 Å². The number of nitrogens with zero attached hydrogens (tertiary/aromatic N) is 2. The molecule has 156 valence electrons. The molecule has 1 amide bonds. The van der Waals surface area contributed by atoms with Crippen LogP contribution in [-0.2, 0) is 11.0 Å². The number of carbonyl (C=O) groups is 1. The lowest BCUT2D eigenvalue weighted by Crippen LogP contribution is -2.15. The van der Waals surface area contributed by atoms with Crippen molar-refractivity contribution in [2.24, 2.45) is 0 Å². The van der Waals surface area contributed by atoms with E-state index in [2.05, 4.69) is 10.4 Å². The molecule has 2 aromatic carbocycles. The van der Waals surface area contributed by atoms with E-state index in [1.165, 1.54) is 49.5 Å². The Morgan fingerprint density at radius 1 is 1.10 bits per heavy atom. The molecule has 3 aromatic rings. The minimum atomic E-state index is -4.66. The zero-order chi connectivity index (χ0) is 21.7. The number of rotatable bonds is 6. The lowest BCUT2D eigenvalue weighted by Gasteiger charge is -2.15. The van der Waals surface area contributed by atoms with Crippen LogP contribution in [0.15, 0.2) is 60.9 Å². The van der Waals surface area contributed by atoms with Crippen LogP contribution >= 0.6 is 0 Å². The van der Waals surface area contributed by atoms with E-state index in [0.717, 1.165) is 12.1 Å². The molecule has 0 saturated heterocycles. The average Bonchev–Trinajstić information content (AvgIpc) is 3.26. The Hall–Kier alpha value is -3.75. The second-order valence-electron chi connectivity index (χ2n) is 6.15. The van der Waals surface area contributed by atoms with Gasteiger partial charge in [0.2, 0.25) is 5.91 Å². The molecule has 1 heterocycles. The van der Waals surface area contributed by atoms with Crippen LogP contribution in [0.1, 0.15) is 11.1 Å². The first-order valence-electron chi connectivity index (χ1n) is 8.73. The number of carbonyl (C=O) groups excluding carboxylic acids is 1. The monoisotopic (exact) mass is 417 g/mol. The van der Waals surface area contributed by atoms with E-state index >= 15 is 0 Å². The summed E-state index contributed by atoms with van der Waals surface area (Å²) in [6.07, 6.45) is 0.914. The Balaban J connectivity index is 1.83. The van der Waals surface area contributed by atoms with Crippen LogP contribution in [0, 0.1) is 0 Å². The number of amides is 1. The van der Waals surface area contributed by atoms with E-state index in [4.69, 9.17) is 9.47 Å². The maximum atomic E-state index is 13.5. The van der Waals surface area contributed by atoms with Crippen molar-refractivity contribution in [1.29, 1.82) is 0 Å². The zero-order valence-corrected chi connectivity index (χ0v) is 16.1. The van der Waals surface area contributed by atoms with Crippen LogP contribution in [-0.4, -0.2) is 29.9 Å². The molecule has 0 unspecified atom stereocenters. The van der Waals surface area contributed by atoms with Gasteiger partial charge in [-0.3, -0.25) is 4.79 Å². The summed E-state index contributed by atoms with van der Waals surface area (Å²) in [5.41, 5.74) is -0.507. The number of halogens is 3. The smallest absolute Gasteiger partial charge is 0.418 e. The molecule has 30 heavy (non-hydrogen) atoms. The minimum absolute atomic E-state index is 0.226. The third kappa shape index (κ3) is 4.99. The van der Waals surface area contributed by atoms with Crippen LogP contribution in [0.4, 0.5) is 18.9 Å². The summed E-state index contributed by atoms with van der Waals surface area (Å²) in [6, 6.07) is 10.1. The van der Waals surface area contributed by atoms with Gasteiger partial charge < -0.3 is 14.8 Å². The second-order valence-corrected chi connectivity index (χ2v) is 6.15. The average molecular weight is 417 g/mol. The lowest BCUT2D eigenvalue weighted by molar-refractivity contribution is -0.137. The number of hydrogen-bond acceptors (Lipinski definition) is 4. The van der Waals surface area contributed by atoms with Gasteiger partial charge in [-0.15, -0.1) is 0 Å². The Labute approximate surface area is 170 Å². The topological polar surface area (TPSA) is 65.4 Å². The second kappa shape index (κ2) is 8.73. The highest BCUT2D eigenvalue weighted by Gasteiger charge is 2.34. The summed E-state index contributed by atoms with van der Waals surface area (Å²) >= 11 is 0. The fourth-order valence-electron chi connectivity index (χ4n) is 2.71. The molecule has 3 rings (SSSR count). The van der Waals surface area contributed by atoms with Crippen LogP contribution in [0.25, 0.3) is 11.8 Å². The normalized spacial score (nSPS) is 11.5. The van der Waals surface area contributed by atoms with Gasteiger partial charge in [-0.05, 0) is 48.0 Å². The standard InChI is InChI=1S/C21H18F3N3O3/c1-29-16-10-14(11-17(13-16)30-2)4-7-20(28)26-19-6-5-15(27-9-3-8-25-27)12-18(19)21(22,23)24/h3-13H,1-2H3,(H,26,28)/b7-4+. The first kappa shape index (κ1) is 21.0. The number of benzene rings is 2.